The first-order valence-electron chi connectivity index (χ1n) is 10.1. The third-order valence-corrected chi connectivity index (χ3v) is 5.74. The fraction of sp³-hybridized carbons (Fsp3) is 0.609. The third kappa shape index (κ3) is 4.90. The third-order valence-electron chi connectivity index (χ3n) is 5.74. The molecule has 2 rings (SSSR count). The molecule has 0 fully saturated rings. The lowest BCUT2D eigenvalue weighted by molar-refractivity contribution is 0.0978. The van der Waals surface area contributed by atoms with Crippen LogP contribution < -0.4 is 0 Å². The van der Waals surface area contributed by atoms with E-state index in [2.05, 4.69) is 33.8 Å². The van der Waals surface area contributed by atoms with Gasteiger partial charge in [0.2, 0.25) is 0 Å². The van der Waals surface area contributed by atoms with Crippen molar-refractivity contribution in [3.8, 4) is 11.5 Å². The zero-order valence-electron chi connectivity index (χ0n) is 16.7. The van der Waals surface area contributed by atoms with Crippen molar-refractivity contribution in [3.05, 3.63) is 34.9 Å². The number of rotatable bonds is 8. The molecule has 0 radical (unpaired) electrons. The quantitative estimate of drug-likeness (QED) is 0.323. The van der Waals surface area contributed by atoms with Crippen LogP contribution in [0.3, 0.4) is 0 Å². The molecule has 1 aromatic rings. The lowest BCUT2D eigenvalue weighted by Gasteiger charge is -2.34. The van der Waals surface area contributed by atoms with Crippen LogP contribution >= 0.6 is 0 Å². The van der Waals surface area contributed by atoms with Crippen molar-refractivity contribution in [1.29, 1.82) is 0 Å². The van der Waals surface area contributed by atoms with Gasteiger partial charge < -0.3 is 10.2 Å². The van der Waals surface area contributed by atoms with Crippen LogP contribution in [0.1, 0.15) is 94.5 Å². The molecule has 0 amide bonds. The van der Waals surface area contributed by atoms with Crippen molar-refractivity contribution in [1.82, 2.24) is 0 Å². The van der Waals surface area contributed by atoms with E-state index in [1.165, 1.54) is 5.57 Å². The summed E-state index contributed by atoms with van der Waals surface area (Å²) in [5, 5.41) is 21.3. The van der Waals surface area contributed by atoms with Crippen LogP contribution in [0.5, 0.6) is 11.5 Å². The van der Waals surface area contributed by atoms with E-state index in [1.807, 2.05) is 0 Å². The Hall–Kier alpha value is -1.77. The van der Waals surface area contributed by atoms with Gasteiger partial charge in [-0.15, -0.1) is 0 Å². The number of Topliss-reactive ketones (excluding diaryl/α,β-unsaturated/α-hetero) is 1. The minimum atomic E-state index is -0.00150. The molecule has 0 saturated carbocycles. The van der Waals surface area contributed by atoms with E-state index in [4.69, 9.17) is 0 Å². The SMILES string of the molecule is CCCCCCC(=O)c1cc(O)c([C@@H]2CC(C)=CC[C@H]2C(C)C)c(O)c1. The lowest BCUT2D eigenvalue weighted by atomic mass is 9.70. The number of aromatic hydroxyl groups is 2. The van der Waals surface area contributed by atoms with Gasteiger partial charge in [-0.05, 0) is 56.1 Å². The van der Waals surface area contributed by atoms with Crippen molar-refractivity contribution < 1.29 is 15.0 Å². The molecule has 0 heterocycles. The van der Waals surface area contributed by atoms with Gasteiger partial charge in [-0.2, -0.15) is 0 Å². The summed E-state index contributed by atoms with van der Waals surface area (Å²) in [6.07, 6.45) is 8.71. The number of ketones is 1. The highest BCUT2D eigenvalue weighted by Crippen LogP contribution is 2.47. The summed E-state index contributed by atoms with van der Waals surface area (Å²) < 4.78 is 0. The van der Waals surface area contributed by atoms with Crippen LogP contribution in [-0.4, -0.2) is 16.0 Å². The molecule has 26 heavy (non-hydrogen) atoms. The summed E-state index contributed by atoms with van der Waals surface area (Å²) in [5.74, 6) is 1.06. The summed E-state index contributed by atoms with van der Waals surface area (Å²) in [5.41, 5.74) is 2.32. The molecule has 1 aliphatic rings. The standard InChI is InChI=1S/C23H34O3/c1-5-6-7-8-9-20(24)17-13-21(25)23(22(26)14-17)19-12-16(4)10-11-18(19)15(2)3/h10,13-15,18-19,25-26H,5-9,11-12H2,1-4H3/t18-,19+/m0/s1. The van der Waals surface area contributed by atoms with E-state index < -0.39 is 0 Å². The predicted molar refractivity (Wildman–Crippen MR) is 107 cm³/mol. The molecule has 0 bridgehead atoms. The molecule has 0 aromatic heterocycles. The Balaban J connectivity index is 2.23. The molecular formula is C23H34O3. The first kappa shape index (κ1) is 20.5. The van der Waals surface area contributed by atoms with Gasteiger partial charge in [-0.25, -0.2) is 0 Å². The van der Waals surface area contributed by atoms with Crippen LogP contribution in [0.25, 0.3) is 0 Å². The molecule has 2 N–H and O–H groups in total. The second-order valence-corrected chi connectivity index (χ2v) is 8.17. The molecule has 3 heteroatoms. The van der Waals surface area contributed by atoms with Gasteiger partial charge >= 0.3 is 0 Å². The average molecular weight is 359 g/mol. The summed E-state index contributed by atoms with van der Waals surface area (Å²) in [7, 11) is 0. The Morgan fingerprint density at radius 1 is 1.15 bits per heavy atom. The zero-order chi connectivity index (χ0) is 19.3. The molecule has 0 unspecified atom stereocenters. The van der Waals surface area contributed by atoms with E-state index >= 15 is 0 Å². The highest BCUT2D eigenvalue weighted by atomic mass is 16.3. The van der Waals surface area contributed by atoms with Crippen LogP contribution in [0.15, 0.2) is 23.8 Å². The molecular weight excluding hydrogens is 324 g/mol. The molecule has 0 aliphatic heterocycles. The second-order valence-electron chi connectivity index (χ2n) is 8.17. The fourth-order valence-corrected chi connectivity index (χ4v) is 4.16. The van der Waals surface area contributed by atoms with Gasteiger partial charge in [0.1, 0.15) is 11.5 Å². The maximum absolute atomic E-state index is 12.4. The second kappa shape index (κ2) is 9.25. The summed E-state index contributed by atoms with van der Waals surface area (Å²) in [6, 6.07) is 3.12. The smallest absolute Gasteiger partial charge is 0.163 e. The molecule has 3 nitrogen and oxygen atoms in total. The molecule has 0 spiro atoms. The Kier molecular flexibility index (Phi) is 7.31. The van der Waals surface area contributed by atoms with Crippen molar-refractivity contribution in [2.75, 3.05) is 0 Å². The summed E-state index contributed by atoms with van der Waals surface area (Å²) in [6.45, 7) is 8.62. The Morgan fingerprint density at radius 2 is 1.81 bits per heavy atom. The van der Waals surface area contributed by atoms with Crippen LogP contribution in [0.2, 0.25) is 0 Å². The maximum Gasteiger partial charge on any atom is 0.163 e. The number of allylic oxidation sites excluding steroid dienone is 2. The topological polar surface area (TPSA) is 57.5 Å². The zero-order valence-corrected chi connectivity index (χ0v) is 16.7. The van der Waals surface area contributed by atoms with E-state index in [9.17, 15) is 15.0 Å². The number of benzene rings is 1. The van der Waals surface area contributed by atoms with Gasteiger partial charge in [-0.1, -0.05) is 51.7 Å². The maximum atomic E-state index is 12.4. The van der Waals surface area contributed by atoms with Crippen molar-refractivity contribution in [2.24, 2.45) is 11.8 Å². The number of hydrogen-bond acceptors (Lipinski definition) is 3. The van der Waals surface area contributed by atoms with Crippen molar-refractivity contribution in [3.63, 3.8) is 0 Å². The van der Waals surface area contributed by atoms with E-state index in [0.29, 0.717) is 29.4 Å². The number of carbonyl (C=O) groups excluding carboxylic acids is 1. The number of hydrogen-bond donors (Lipinski definition) is 2. The van der Waals surface area contributed by atoms with Crippen LogP contribution in [-0.2, 0) is 0 Å². The number of unbranched alkanes of at least 4 members (excludes halogenated alkanes) is 3. The highest BCUT2D eigenvalue weighted by Gasteiger charge is 2.32. The van der Waals surface area contributed by atoms with Gasteiger partial charge in [0.15, 0.2) is 5.78 Å². The highest BCUT2D eigenvalue weighted by molar-refractivity contribution is 5.97. The predicted octanol–water partition coefficient (Wildman–Crippen LogP) is 6.35. The fourth-order valence-electron chi connectivity index (χ4n) is 4.16. The molecule has 1 aromatic carbocycles. The Bertz CT molecular complexity index is 634. The van der Waals surface area contributed by atoms with Gasteiger partial charge in [0.05, 0.1) is 0 Å². The number of phenolic OH excluding ortho intramolecular Hbond substituents is 2. The first-order chi connectivity index (χ1) is 12.3. The van der Waals surface area contributed by atoms with Crippen LogP contribution in [0, 0.1) is 11.8 Å². The Morgan fingerprint density at radius 3 is 2.38 bits per heavy atom. The van der Waals surface area contributed by atoms with Crippen molar-refractivity contribution >= 4 is 5.78 Å². The number of phenols is 2. The monoisotopic (exact) mass is 358 g/mol. The van der Waals surface area contributed by atoms with Gasteiger partial charge in [-0.3, -0.25) is 4.79 Å². The molecule has 2 atom stereocenters. The average Bonchev–Trinajstić information content (AvgIpc) is 2.57. The molecule has 144 valence electrons. The van der Waals surface area contributed by atoms with Crippen molar-refractivity contribution in [2.45, 2.75) is 78.6 Å². The molecule has 1 aliphatic carbocycles. The van der Waals surface area contributed by atoms with Crippen LogP contribution in [0.4, 0.5) is 0 Å². The van der Waals surface area contributed by atoms with E-state index in [-0.39, 0.29) is 23.2 Å². The summed E-state index contributed by atoms with van der Waals surface area (Å²) >= 11 is 0. The van der Waals surface area contributed by atoms with Gasteiger partial charge in [0, 0.05) is 17.5 Å². The van der Waals surface area contributed by atoms with Gasteiger partial charge in [0.25, 0.3) is 0 Å². The first-order valence-corrected chi connectivity index (χ1v) is 10.1. The molecule has 0 saturated heterocycles. The normalized spacial score (nSPS) is 20.3. The number of carbonyl (C=O) groups is 1. The van der Waals surface area contributed by atoms with E-state index in [1.54, 1.807) is 12.1 Å². The summed E-state index contributed by atoms with van der Waals surface area (Å²) in [4.78, 5) is 12.4. The largest absolute Gasteiger partial charge is 0.507 e. The minimum absolute atomic E-state index is 0.00150. The lowest BCUT2D eigenvalue weighted by Crippen LogP contribution is -2.22. The van der Waals surface area contributed by atoms with E-state index in [0.717, 1.165) is 38.5 Å². The minimum Gasteiger partial charge on any atom is -0.507 e. The Labute approximate surface area is 158 Å².